The molecule has 0 aromatic heterocycles. The van der Waals surface area contributed by atoms with Gasteiger partial charge in [0.2, 0.25) is 0 Å². The van der Waals surface area contributed by atoms with E-state index in [4.69, 9.17) is 9.31 Å². The van der Waals surface area contributed by atoms with Crippen LogP contribution in [0, 0.1) is 5.82 Å². The molecule has 0 unspecified atom stereocenters. The molecule has 1 aromatic rings. The van der Waals surface area contributed by atoms with Crippen molar-refractivity contribution in [1.29, 1.82) is 0 Å². The molecule has 1 saturated heterocycles. The summed E-state index contributed by atoms with van der Waals surface area (Å²) in [5.74, 6) is -0.217. The minimum absolute atomic E-state index is 0. The average Bonchev–Trinajstić information content (AvgIpc) is 2.50. The topological polar surface area (TPSA) is 21.7 Å². The maximum Gasteiger partial charge on any atom is 0.494 e. The summed E-state index contributed by atoms with van der Waals surface area (Å²) in [7, 11) is 3.33. The summed E-state index contributed by atoms with van der Waals surface area (Å²) in [5, 5.41) is 0. The lowest BCUT2D eigenvalue weighted by Crippen LogP contribution is -2.41. The third-order valence-electron chi connectivity index (χ3n) is 4.09. The standard InChI is InChI=1S/C15H23BFNO2.ClH/c1-14(2)15(3,4)20-16(19-14)12-8-7-11(10-18(5)6)13(17)9-12;/h7-9H,10H2,1-6H3;1H. The van der Waals surface area contributed by atoms with Crippen molar-refractivity contribution >= 4 is 25.0 Å². The van der Waals surface area contributed by atoms with Crippen molar-refractivity contribution in [2.45, 2.75) is 45.4 Å². The molecule has 3 nitrogen and oxygen atoms in total. The van der Waals surface area contributed by atoms with Gasteiger partial charge in [-0.3, -0.25) is 0 Å². The van der Waals surface area contributed by atoms with Crippen LogP contribution in [-0.4, -0.2) is 37.3 Å². The molecule has 0 aliphatic carbocycles. The van der Waals surface area contributed by atoms with E-state index in [1.165, 1.54) is 6.07 Å². The normalized spacial score (nSPS) is 19.7. The van der Waals surface area contributed by atoms with Crippen molar-refractivity contribution in [1.82, 2.24) is 4.90 Å². The molecule has 1 aromatic carbocycles. The smallest absolute Gasteiger partial charge is 0.399 e. The van der Waals surface area contributed by atoms with E-state index < -0.39 is 18.3 Å². The second-order valence-corrected chi connectivity index (χ2v) is 6.68. The molecule has 1 aliphatic heterocycles. The molecule has 1 heterocycles. The summed E-state index contributed by atoms with van der Waals surface area (Å²) in [4.78, 5) is 1.94. The van der Waals surface area contributed by atoms with Gasteiger partial charge in [-0.25, -0.2) is 4.39 Å². The summed E-state index contributed by atoms with van der Waals surface area (Å²) < 4.78 is 26.0. The van der Waals surface area contributed by atoms with Crippen molar-refractivity contribution in [3.8, 4) is 0 Å². The summed E-state index contributed by atoms with van der Waals surface area (Å²) in [5.41, 5.74) is 0.589. The van der Waals surface area contributed by atoms with Gasteiger partial charge in [0.15, 0.2) is 0 Å². The van der Waals surface area contributed by atoms with Crippen LogP contribution in [-0.2, 0) is 15.9 Å². The predicted molar refractivity (Wildman–Crippen MR) is 86.8 cm³/mol. The van der Waals surface area contributed by atoms with Crippen LogP contribution in [0.2, 0.25) is 0 Å². The Hall–Kier alpha value is -0.615. The Morgan fingerprint density at radius 2 is 1.62 bits per heavy atom. The summed E-state index contributed by atoms with van der Waals surface area (Å²) in [6.07, 6.45) is 0. The van der Waals surface area contributed by atoms with Crippen molar-refractivity contribution in [2.75, 3.05) is 14.1 Å². The third-order valence-corrected chi connectivity index (χ3v) is 4.09. The second kappa shape index (κ2) is 6.25. The molecule has 118 valence electrons. The second-order valence-electron chi connectivity index (χ2n) is 6.68. The highest BCUT2D eigenvalue weighted by atomic mass is 35.5. The number of benzene rings is 1. The van der Waals surface area contributed by atoms with Gasteiger partial charge in [-0.2, -0.15) is 0 Å². The van der Waals surface area contributed by atoms with Gasteiger partial charge in [-0.15, -0.1) is 12.4 Å². The zero-order valence-electron chi connectivity index (χ0n) is 13.6. The zero-order valence-corrected chi connectivity index (χ0v) is 14.4. The fourth-order valence-corrected chi connectivity index (χ4v) is 2.16. The quantitative estimate of drug-likeness (QED) is 0.800. The summed E-state index contributed by atoms with van der Waals surface area (Å²) in [6.45, 7) is 8.54. The third kappa shape index (κ3) is 3.78. The largest absolute Gasteiger partial charge is 0.494 e. The van der Waals surface area contributed by atoms with Crippen molar-refractivity contribution < 1.29 is 13.7 Å². The molecule has 1 aliphatic rings. The maximum atomic E-state index is 14.1. The van der Waals surface area contributed by atoms with Gasteiger partial charge in [0, 0.05) is 12.1 Å². The van der Waals surface area contributed by atoms with E-state index in [0.717, 1.165) is 5.46 Å². The van der Waals surface area contributed by atoms with Crippen LogP contribution in [0.25, 0.3) is 0 Å². The fourth-order valence-electron chi connectivity index (χ4n) is 2.16. The highest BCUT2D eigenvalue weighted by molar-refractivity contribution is 6.62. The van der Waals surface area contributed by atoms with Gasteiger partial charge in [-0.1, -0.05) is 12.1 Å². The first-order chi connectivity index (χ1) is 9.12. The van der Waals surface area contributed by atoms with Crippen LogP contribution in [0.4, 0.5) is 4.39 Å². The Balaban J connectivity index is 0.00000220. The molecule has 0 saturated carbocycles. The van der Waals surface area contributed by atoms with Crippen LogP contribution in [0.15, 0.2) is 18.2 Å². The van der Waals surface area contributed by atoms with E-state index in [0.29, 0.717) is 12.1 Å². The molecular formula is C15H24BClFNO2. The average molecular weight is 316 g/mol. The van der Waals surface area contributed by atoms with Gasteiger partial charge >= 0.3 is 7.12 Å². The fraction of sp³-hybridized carbons (Fsp3) is 0.600. The minimum atomic E-state index is -0.511. The van der Waals surface area contributed by atoms with E-state index in [1.54, 1.807) is 6.07 Å². The number of hydrogen-bond acceptors (Lipinski definition) is 3. The molecule has 0 radical (unpaired) electrons. The van der Waals surface area contributed by atoms with Crippen molar-refractivity contribution in [3.63, 3.8) is 0 Å². The number of nitrogens with zero attached hydrogens (tertiary/aromatic N) is 1. The van der Waals surface area contributed by atoms with Crippen LogP contribution < -0.4 is 5.46 Å². The van der Waals surface area contributed by atoms with Gasteiger partial charge in [-0.05, 0) is 53.3 Å². The van der Waals surface area contributed by atoms with E-state index in [-0.39, 0.29) is 18.2 Å². The van der Waals surface area contributed by atoms with Crippen LogP contribution in [0.1, 0.15) is 33.3 Å². The lowest BCUT2D eigenvalue weighted by Gasteiger charge is -2.32. The SMILES string of the molecule is CN(C)Cc1ccc(B2OC(C)(C)C(C)(C)O2)cc1F.Cl. The Labute approximate surface area is 133 Å². The minimum Gasteiger partial charge on any atom is -0.399 e. The molecule has 0 spiro atoms. The van der Waals surface area contributed by atoms with E-state index in [9.17, 15) is 4.39 Å². The molecule has 0 N–H and O–H groups in total. The Kier molecular flexibility index (Phi) is 5.48. The lowest BCUT2D eigenvalue weighted by atomic mass is 9.78. The number of rotatable bonds is 3. The van der Waals surface area contributed by atoms with Gasteiger partial charge in [0.05, 0.1) is 11.2 Å². The zero-order chi connectivity index (χ0) is 15.1. The van der Waals surface area contributed by atoms with Gasteiger partial charge in [0.1, 0.15) is 5.82 Å². The van der Waals surface area contributed by atoms with E-state index >= 15 is 0 Å². The first kappa shape index (κ1) is 18.4. The lowest BCUT2D eigenvalue weighted by molar-refractivity contribution is 0.00578. The molecule has 0 bridgehead atoms. The summed E-state index contributed by atoms with van der Waals surface area (Å²) >= 11 is 0. The molecule has 1 fully saturated rings. The van der Waals surface area contributed by atoms with Crippen LogP contribution in [0.5, 0.6) is 0 Å². The maximum absolute atomic E-state index is 14.1. The number of hydrogen-bond donors (Lipinski definition) is 0. The van der Waals surface area contributed by atoms with E-state index in [1.807, 2.05) is 52.8 Å². The van der Waals surface area contributed by atoms with Crippen molar-refractivity contribution in [2.24, 2.45) is 0 Å². The van der Waals surface area contributed by atoms with Gasteiger partial charge < -0.3 is 14.2 Å². The molecule has 0 atom stereocenters. The first-order valence-electron chi connectivity index (χ1n) is 6.91. The summed E-state index contributed by atoms with van der Waals surface area (Å²) in [6, 6.07) is 5.20. The molecular weight excluding hydrogens is 291 g/mol. The molecule has 2 rings (SSSR count). The number of halogens is 2. The highest BCUT2D eigenvalue weighted by Crippen LogP contribution is 2.36. The Morgan fingerprint density at radius 1 is 1.10 bits per heavy atom. The first-order valence-corrected chi connectivity index (χ1v) is 6.91. The van der Waals surface area contributed by atoms with E-state index in [2.05, 4.69) is 0 Å². The molecule has 21 heavy (non-hydrogen) atoms. The molecule has 6 heteroatoms. The van der Waals surface area contributed by atoms with Gasteiger partial charge in [0.25, 0.3) is 0 Å². The molecule has 0 amide bonds. The predicted octanol–water partition coefficient (Wildman–Crippen LogP) is 2.61. The van der Waals surface area contributed by atoms with Crippen LogP contribution in [0.3, 0.4) is 0 Å². The Morgan fingerprint density at radius 3 is 2.05 bits per heavy atom. The van der Waals surface area contributed by atoms with Crippen LogP contribution >= 0.6 is 12.4 Å². The monoisotopic (exact) mass is 315 g/mol. The highest BCUT2D eigenvalue weighted by Gasteiger charge is 2.51. The van der Waals surface area contributed by atoms with Crippen molar-refractivity contribution in [3.05, 3.63) is 29.6 Å². The Bertz CT molecular complexity index is 492.